The summed E-state index contributed by atoms with van der Waals surface area (Å²) in [6.45, 7) is 15.3. The van der Waals surface area contributed by atoms with E-state index in [2.05, 4.69) is 101 Å². The lowest BCUT2D eigenvalue weighted by molar-refractivity contribution is -0.155. The van der Waals surface area contributed by atoms with Crippen molar-refractivity contribution >= 4 is 45.9 Å². The second kappa shape index (κ2) is 18.7. The summed E-state index contributed by atoms with van der Waals surface area (Å²) in [7, 11) is 2.10. The summed E-state index contributed by atoms with van der Waals surface area (Å²) in [5.74, 6) is 0.595. The van der Waals surface area contributed by atoms with Crippen LogP contribution in [0.4, 0.5) is 0 Å². The zero-order chi connectivity index (χ0) is 48.6. The minimum absolute atomic E-state index is 0.0286. The van der Waals surface area contributed by atoms with Crippen LogP contribution in [-0.4, -0.2) is 135 Å². The van der Waals surface area contributed by atoms with Crippen LogP contribution < -0.4 is 10.7 Å². The standard InChI is InChI=1S/C55H73N9O5S/c1-7-63-43-19-18-36-26-38(43)39(48(63)37-14-10-22-56-45(37)33(2)3)28-54(4,5)32-69-53(68)40-15-11-23-64(59-40)51(66)41(27-44-57-42(36)29-70-44)58-50(65)47(34-12-8-9-13-34)61-24-20-55(30-61)21-25-62(31-55)52(67)49-46(60(49)6)35-16-17-35/h10,14,18-19,22,26,29,33-35,40-41,46-47,49,59H,7-9,11-13,15-17,20-21,23-25,27-28,30-32H2,1-6H3,(H,58,65)/t40-,41-,46+,47-,49+,55-,60?/m0/s1. The molecular formula is C55H73N9O5S. The predicted molar refractivity (Wildman–Crippen MR) is 272 cm³/mol. The minimum atomic E-state index is -0.911. The van der Waals surface area contributed by atoms with Crippen molar-refractivity contribution in [2.45, 2.75) is 154 Å². The van der Waals surface area contributed by atoms with Crippen LogP contribution in [0.5, 0.6) is 0 Å². The molecule has 11 rings (SSSR count). The summed E-state index contributed by atoms with van der Waals surface area (Å²) in [4.78, 5) is 74.8. The molecule has 2 saturated carbocycles. The van der Waals surface area contributed by atoms with E-state index in [4.69, 9.17) is 14.7 Å². The van der Waals surface area contributed by atoms with Crippen molar-refractivity contribution in [2.75, 3.05) is 46.4 Å². The molecule has 14 nitrogen and oxygen atoms in total. The van der Waals surface area contributed by atoms with Crippen LogP contribution in [0.3, 0.4) is 0 Å². The first-order valence-electron chi connectivity index (χ1n) is 26.6. The molecule has 2 aliphatic carbocycles. The van der Waals surface area contributed by atoms with Gasteiger partial charge in [-0.15, -0.1) is 11.3 Å². The Kier molecular flexibility index (Phi) is 12.7. The van der Waals surface area contributed by atoms with Gasteiger partial charge in [0, 0.05) is 89.6 Å². The molecule has 7 atom stereocenters. The Balaban J connectivity index is 0.902. The average molecular weight is 972 g/mol. The number of likely N-dealkylation sites (tertiary alicyclic amines) is 2. The van der Waals surface area contributed by atoms with Crippen LogP contribution in [-0.2, 0) is 43.3 Å². The maximum absolute atomic E-state index is 15.1. The number of pyridine rings is 1. The third-order valence-corrected chi connectivity index (χ3v) is 18.1. The maximum atomic E-state index is 15.1. The smallest absolute Gasteiger partial charge is 0.324 e. The topological polar surface area (TPSA) is 145 Å². The van der Waals surface area contributed by atoms with Crippen LogP contribution >= 0.6 is 11.3 Å². The van der Waals surface area contributed by atoms with Crippen LogP contribution in [0, 0.1) is 22.7 Å². The highest BCUT2D eigenvalue weighted by atomic mass is 32.1. The van der Waals surface area contributed by atoms with E-state index in [0.717, 1.165) is 115 Å². The number of hydrazine groups is 1. The van der Waals surface area contributed by atoms with Crippen molar-refractivity contribution in [3.8, 4) is 22.5 Å². The molecule has 15 heteroatoms. The van der Waals surface area contributed by atoms with Crippen LogP contribution in [0.25, 0.3) is 33.4 Å². The van der Waals surface area contributed by atoms with E-state index in [1.54, 1.807) is 5.01 Å². The Morgan fingerprint density at radius 3 is 2.57 bits per heavy atom. The van der Waals surface area contributed by atoms with Gasteiger partial charge in [-0.05, 0) is 126 Å². The molecule has 3 aromatic heterocycles. The van der Waals surface area contributed by atoms with Gasteiger partial charge in [0.15, 0.2) is 0 Å². The van der Waals surface area contributed by atoms with Gasteiger partial charge in [0.05, 0.1) is 34.7 Å². The molecule has 70 heavy (non-hydrogen) atoms. The third kappa shape index (κ3) is 8.99. The number of esters is 1. The monoisotopic (exact) mass is 972 g/mol. The highest BCUT2D eigenvalue weighted by Crippen LogP contribution is 2.49. The highest BCUT2D eigenvalue weighted by molar-refractivity contribution is 7.10. The summed E-state index contributed by atoms with van der Waals surface area (Å²) in [5.41, 5.74) is 10.2. The Bertz CT molecular complexity index is 2670. The summed E-state index contributed by atoms with van der Waals surface area (Å²) < 4.78 is 8.60. The number of carbonyl (C=O) groups excluding carboxylic acids is 4. The number of likely N-dealkylation sites (N-methyl/N-ethyl adjacent to an activating group) is 1. The SMILES string of the molecule is CCn1c(-c2cccnc2C(C)C)c2c3cc(ccc31)-c1csc(n1)C[C@H](NC(=O)[C@H](C1CCCC1)N1CC[C@]3(CCN(C(=O)[C@H]4[C@@H](C5CC5)N4C)C3)C1)C(=O)N1CCC[C@H](N1)C(=O)OCC(C)(C)C2. The van der Waals surface area contributed by atoms with Gasteiger partial charge in [-0.2, -0.15) is 0 Å². The van der Waals surface area contributed by atoms with Crippen molar-refractivity contribution < 1.29 is 23.9 Å². The Hall–Kier alpha value is -4.70. The first-order chi connectivity index (χ1) is 33.7. The number of hydrogen-bond acceptors (Lipinski definition) is 11. The van der Waals surface area contributed by atoms with E-state index in [1.165, 1.54) is 29.7 Å². The summed E-state index contributed by atoms with van der Waals surface area (Å²) in [6, 6.07) is 9.25. The first-order valence-corrected chi connectivity index (χ1v) is 27.4. The normalized spacial score (nSPS) is 29.0. The molecule has 5 aliphatic heterocycles. The first kappa shape index (κ1) is 47.6. The van der Waals surface area contributed by atoms with Crippen LogP contribution in [0.1, 0.15) is 121 Å². The molecule has 374 valence electrons. The quantitative estimate of drug-likeness (QED) is 0.131. The molecule has 4 aromatic rings. The van der Waals surface area contributed by atoms with Crippen molar-refractivity contribution in [3.63, 3.8) is 0 Å². The zero-order valence-electron chi connectivity index (χ0n) is 42.2. The fraction of sp³-hybridized carbons (Fsp3) is 0.636. The predicted octanol–water partition coefficient (Wildman–Crippen LogP) is 7.19. The number of hydrogen-bond donors (Lipinski definition) is 2. The van der Waals surface area contributed by atoms with Crippen molar-refractivity contribution in [1.82, 2.24) is 45.0 Å². The fourth-order valence-corrected chi connectivity index (χ4v) is 14.2. The van der Waals surface area contributed by atoms with Gasteiger partial charge >= 0.3 is 5.97 Å². The number of carbonyl (C=O) groups is 4. The number of amides is 3. The van der Waals surface area contributed by atoms with E-state index >= 15 is 4.79 Å². The van der Waals surface area contributed by atoms with Gasteiger partial charge in [-0.25, -0.2) is 10.4 Å². The Morgan fingerprint density at radius 1 is 1.00 bits per heavy atom. The summed E-state index contributed by atoms with van der Waals surface area (Å²) in [6.07, 6.45) is 12.4. The zero-order valence-corrected chi connectivity index (χ0v) is 43.0. The molecule has 1 aromatic carbocycles. The molecule has 7 aliphatic rings. The minimum Gasteiger partial charge on any atom is -0.464 e. The number of nitrogens with one attached hydrogen (secondary N) is 2. The number of aromatic nitrogens is 3. The molecule has 3 amide bonds. The van der Waals surface area contributed by atoms with Crippen LogP contribution in [0.2, 0.25) is 0 Å². The van der Waals surface area contributed by atoms with E-state index in [9.17, 15) is 14.4 Å². The number of nitrogens with zero attached hydrogens (tertiary/aromatic N) is 7. The third-order valence-electron chi connectivity index (χ3n) is 17.2. The van der Waals surface area contributed by atoms with Gasteiger partial charge < -0.3 is 19.5 Å². The largest absolute Gasteiger partial charge is 0.464 e. The number of fused-ring (bicyclic) bond motifs is 6. The molecule has 8 heterocycles. The Labute approximate surface area is 417 Å². The lowest BCUT2D eigenvalue weighted by Gasteiger charge is -2.37. The van der Waals surface area contributed by atoms with Crippen LogP contribution in [0.15, 0.2) is 41.9 Å². The number of thiazole rings is 1. The molecule has 1 spiro atoms. The highest BCUT2D eigenvalue weighted by Gasteiger charge is 2.59. The number of rotatable bonds is 9. The second-order valence-corrected chi connectivity index (χ2v) is 24.1. The maximum Gasteiger partial charge on any atom is 0.324 e. The van der Waals surface area contributed by atoms with Gasteiger partial charge in [-0.1, -0.05) is 46.6 Å². The second-order valence-electron chi connectivity index (χ2n) is 23.2. The average Bonchev–Trinajstić information content (AvgIpc) is 3.81. The summed E-state index contributed by atoms with van der Waals surface area (Å²) in [5, 5.41) is 8.85. The van der Waals surface area contributed by atoms with E-state index in [-0.39, 0.29) is 66.1 Å². The molecule has 6 bridgehead atoms. The fourth-order valence-electron chi connectivity index (χ4n) is 13.4. The number of cyclic esters (lactones) is 1. The van der Waals surface area contributed by atoms with Gasteiger partial charge in [-0.3, -0.25) is 39.0 Å². The number of benzene rings is 1. The van der Waals surface area contributed by atoms with Crippen molar-refractivity contribution in [3.05, 3.63) is 58.2 Å². The van der Waals surface area contributed by atoms with Crippen molar-refractivity contribution in [2.24, 2.45) is 22.7 Å². The number of ether oxygens (including phenoxy) is 1. The van der Waals surface area contributed by atoms with E-state index < -0.39 is 17.5 Å². The number of aryl methyl sites for hydroxylation is 1. The van der Waals surface area contributed by atoms with E-state index in [0.29, 0.717) is 37.8 Å². The molecule has 2 N–H and O–H groups in total. The van der Waals surface area contributed by atoms with Crippen molar-refractivity contribution in [1.29, 1.82) is 0 Å². The van der Waals surface area contributed by atoms with Gasteiger partial charge in [0.1, 0.15) is 18.1 Å². The van der Waals surface area contributed by atoms with E-state index in [1.807, 2.05) is 12.3 Å². The van der Waals surface area contributed by atoms with Gasteiger partial charge in [0.25, 0.3) is 5.91 Å². The summed E-state index contributed by atoms with van der Waals surface area (Å²) >= 11 is 1.51. The molecule has 6 fully saturated rings. The molecule has 4 saturated heterocycles. The lowest BCUT2D eigenvalue weighted by atomic mass is 9.84. The molecule has 1 unspecified atom stereocenters. The lowest BCUT2D eigenvalue weighted by Crippen LogP contribution is -2.62. The molecular weight excluding hydrogens is 899 g/mol. The van der Waals surface area contributed by atoms with Gasteiger partial charge in [0.2, 0.25) is 11.8 Å². The molecule has 0 radical (unpaired) electrons. The Morgan fingerprint density at radius 2 is 1.80 bits per heavy atom.